The smallest absolute Gasteiger partial charge is 0.0666 e. The van der Waals surface area contributed by atoms with Crippen LogP contribution < -0.4 is 5.32 Å². The highest BCUT2D eigenvalue weighted by Gasteiger charge is 2.36. The van der Waals surface area contributed by atoms with E-state index < -0.39 is 5.54 Å². The Hall–Kier alpha value is -0.160. The first kappa shape index (κ1) is 14.9. The Morgan fingerprint density at radius 1 is 1.35 bits per heavy atom. The van der Waals surface area contributed by atoms with E-state index in [4.69, 9.17) is 4.74 Å². The molecule has 1 rings (SSSR count). The van der Waals surface area contributed by atoms with Gasteiger partial charge in [0, 0.05) is 12.6 Å². The normalized spacial score (nSPS) is 30.5. The zero-order valence-corrected chi connectivity index (χ0v) is 11.3. The fraction of sp³-hybridized carbons (Fsp3) is 1.00. The number of ether oxygens (including phenoxy) is 1. The van der Waals surface area contributed by atoms with Gasteiger partial charge in [-0.25, -0.2) is 0 Å². The molecule has 1 aliphatic rings. The Kier molecular flexibility index (Phi) is 5.38. The summed E-state index contributed by atoms with van der Waals surface area (Å²) in [6.45, 7) is 6.94. The Morgan fingerprint density at radius 2 is 2.00 bits per heavy atom. The van der Waals surface area contributed by atoms with Gasteiger partial charge in [-0.1, -0.05) is 13.8 Å². The molecule has 0 bridgehead atoms. The molecule has 1 saturated heterocycles. The van der Waals surface area contributed by atoms with Crippen LogP contribution in [0.25, 0.3) is 0 Å². The summed E-state index contributed by atoms with van der Waals surface area (Å²) in [4.78, 5) is 0. The standard InChI is InChI=1S/C13H27NO3/c1-4-12(3)8-11(6-7-17-12)14-13(5-2,9-15)10-16/h11,14-16H,4-10H2,1-3H3. The number of hydrogen-bond acceptors (Lipinski definition) is 4. The van der Waals surface area contributed by atoms with Crippen LogP contribution >= 0.6 is 0 Å². The summed E-state index contributed by atoms with van der Waals surface area (Å²) in [5.74, 6) is 0. The number of aliphatic hydroxyl groups is 2. The Labute approximate surface area is 104 Å². The summed E-state index contributed by atoms with van der Waals surface area (Å²) in [5, 5.41) is 22.3. The van der Waals surface area contributed by atoms with Crippen molar-refractivity contribution in [2.24, 2.45) is 0 Å². The van der Waals surface area contributed by atoms with Crippen molar-refractivity contribution in [3.05, 3.63) is 0 Å². The Morgan fingerprint density at radius 3 is 2.47 bits per heavy atom. The van der Waals surface area contributed by atoms with Gasteiger partial charge in [-0.05, 0) is 32.6 Å². The maximum absolute atomic E-state index is 9.44. The van der Waals surface area contributed by atoms with Crippen LogP contribution in [-0.2, 0) is 4.74 Å². The average Bonchev–Trinajstić information content (AvgIpc) is 2.36. The van der Waals surface area contributed by atoms with Gasteiger partial charge in [0.25, 0.3) is 0 Å². The fourth-order valence-electron chi connectivity index (χ4n) is 2.40. The van der Waals surface area contributed by atoms with Crippen molar-refractivity contribution < 1.29 is 14.9 Å². The predicted octanol–water partition coefficient (Wildman–Crippen LogP) is 1.06. The molecule has 0 aromatic carbocycles. The molecule has 0 aromatic rings. The van der Waals surface area contributed by atoms with Crippen LogP contribution in [0.2, 0.25) is 0 Å². The van der Waals surface area contributed by atoms with E-state index in [1.165, 1.54) is 0 Å². The maximum Gasteiger partial charge on any atom is 0.0666 e. The summed E-state index contributed by atoms with van der Waals surface area (Å²) >= 11 is 0. The van der Waals surface area contributed by atoms with Gasteiger partial charge in [0.15, 0.2) is 0 Å². The summed E-state index contributed by atoms with van der Waals surface area (Å²) in [7, 11) is 0. The predicted molar refractivity (Wildman–Crippen MR) is 68.0 cm³/mol. The monoisotopic (exact) mass is 245 g/mol. The lowest BCUT2D eigenvalue weighted by Gasteiger charge is -2.42. The molecule has 4 heteroatoms. The molecule has 0 aromatic heterocycles. The van der Waals surface area contributed by atoms with Gasteiger partial charge < -0.3 is 20.3 Å². The SMILES string of the molecule is CCC(CO)(CO)NC1CCOC(C)(CC)C1. The van der Waals surface area contributed by atoms with E-state index in [9.17, 15) is 10.2 Å². The second-order valence-corrected chi connectivity index (χ2v) is 5.44. The number of hydrogen-bond donors (Lipinski definition) is 3. The highest BCUT2D eigenvalue weighted by molar-refractivity contribution is 4.93. The van der Waals surface area contributed by atoms with Crippen molar-refractivity contribution in [3.8, 4) is 0 Å². The second-order valence-electron chi connectivity index (χ2n) is 5.44. The summed E-state index contributed by atoms with van der Waals surface area (Å²) in [5.41, 5.74) is -0.614. The molecule has 0 aliphatic carbocycles. The van der Waals surface area contributed by atoms with Crippen LogP contribution in [0.4, 0.5) is 0 Å². The molecule has 0 spiro atoms. The lowest BCUT2D eigenvalue weighted by molar-refractivity contribution is -0.0846. The van der Waals surface area contributed by atoms with Gasteiger partial charge in [-0.15, -0.1) is 0 Å². The van der Waals surface area contributed by atoms with E-state index in [0.717, 1.165) is 32.3 Å². The molecule has 0 radical (unpaired) electrons. The average molecular weight is 245 g/mol. The first-order valence-corrected chi connectivity index (χ1v) is 6.66. The van der Waals surface area contributed by atoms with Gasteiger partial charge in [-0.2, -0.15) is 0 Å². The lowest BCUT2D eigenvalue weighted by atomic mass is 9.87. The van der Waals surface area contributed by atoms with Crippen LogP contribution in [0.5, 0.6) is 0 Å². The van der Waals surface area contributed by atoms with Gasteiger partial charge in [0.1, 0.15) is 0 Å². The molecular weight excluding hydrogens is 218 g/mol. The van der Waals surface area contributed by atoms with Crippen molar-refractivity contribution in [3.63, 3.8) is 0 Å². The lowest BCUT2D eigenvalue weighted by Crippen LogP contribution is -2.58. The van der Waals surface area contributed by atoms with E-state index in [0.29, 0.717) is 6.04 Å². The molecule has 1 heterocycles. The number of rotatable bonds is 6. The van der Waals surface area contributed by atoms with E-state index >= 15 is 0 Å². The molecule has 3 N–H and O–H groups in total. The molecule has 102 valence electrons. The zero-order valence-electron chi connectivity index (χ0n) is 11.3. The Bertz CT molecular complexity index is 222. The van der Waals surface area contributed by atoms with E-state index in [1.807, 2.05) is 6.92 Å². The largest absolute Gasteiger partial charge is 0.394 e. The third-order valence-corrected chi connectivity index (χ3v) is 4.14. The van der Waals surface area contributed by atoms with Crippen LogP contribution in [-0.4, -0.2) is 47.2 Å². The first-order chi connectivity index (χ1) is 8.03. The minimum absolute atomic E-state index is 0.0276. The maximum atomic E-state index is 9.44. The van der Waals surface area contributed by atoms with Gasteiger partial charge in [0.2, 0.25) is 0 Å². The van der Waals surface area contributed by atoms with Crippen molar-refractivity contribution >= 4 is 0 Å². The summed E-state index contributed by atoms with van der Waals surface area (Å²) < 4.78 is 5.80. The number of nitrogens with one attached hydrogen (secondary N) is 1. The molecular formula is C13H27NO3. The van der Waals surface area contributed by atoms with Crippen molar-refractivity contribution in [2.75, 3.05) is 19.8 Å². The molecule has 1 aliphatic heterocycles. The number of aliphatic hydroxyl groups excluding tert-OH is 2. The summed E-state index contributed by atoms with van der Waals surface area (Å²) in [6.07, 6.45) is 3.59. The van der Waals surface area contributed by atoms with E-state index in [2.05, 4.69) is 19.2 Å². The minimum atomic E-state index is -0.545. The Balaban J connectivity index is 2.61. The van der Waals surface area contributed by atoms with Crippen molar-refractivity contribution in [1.29, 1.82) is 0 Å². The molecule has 1 fully saturated rings. The van der Waals surface area contributed by atoms with Gasteiger partial charge in [-0.3, -0.25) is 0 Å². The van der Waals surface area contributed by atoms with Crippen LogP contribution in [0.15, 0.2) is 0 Å². The second kappa shape index (κ2) is 6.14. The molecule has 0 saturated carbocycles. The van der Waals surface area contributed by atoms with Crippen LogP contribution in [0, 0.1) is 0 Å². The molecule has 2 atom stereocenters. The zero-order chi connectivity index (χ0) is 12.9. The topological polar surface area (TPSA) is 61.7 Å². The van der Waals surface area contributed by atoms with Gasteiger partial charge in [0.05, 0.1) is 24.4 Å². The van der Waals surface area contributed by atoms with Gasteiger partial charge >= 0.3 is 0 Å². The molecule has 0 amide bonds. The van der Waals surface area contributed by atoms with Crippen LogP contribution in [0.3, 0.4) is 0 Å². The minimum Gasteiger partial charge on any atom is -0.394 e. The third kappa shape index (κ3) is 3.65. The van der Waals surface area contributed by atoms with E-state index in [-0.39, 0.29) is 18.8 Å². The third-order valence-electron chi connectivity index (χ3n) is 4.14. The van der Waals surface area contributed by atoms with Crippen molar-refractivity contribution in [2.45, 2.75) is 63.6 Å². The first-order valence-electron chi connectivity index (χ1n) is 6.66. The molecule has 2 unspecified atom stereocenters. The highest BCUT2D eigenvalue weighted by atomic mass is 16.5. The van der Waals surface area contributed by atoms with E-state index in [1.54, 1.807) is 0 Å². The van der Waals surface area contributed by atoms with Crippen molar-refractivity contribution in [1.82, 2.24) is 5.32 Å². The highest BCUT2D eigenvalue weighted by Crippen LogP contribution is 2.29. The fourth-order valence-corrected chi connectivity index (χ4v) is 2.40. The quantitative estimate of drug-likeness (QED) is 0.655. The van der Waals surface area contributed by atoms with Crippen LogP contribution in [0.1, 0.15) is 46.5 Å². The summed E-state index contributed by atoms with van der Waals surface area (Å²) in [6, 6.07) is 0.313. The molecule has 4 nitrogen and oxygen atoms in total. The molecule has 17 heavy (non-hydrogen) atoms.